The summed E-state index contributed by atoms with van der Waals surface area (Å²) >= 11 is 7.11. The third-order valence-electron chi connectivity index (χ3n) is 5.63. The smallest absolute Gasteiger partial charge is 0.250 e. The average Bonchev–Trinajstić information content (AvgIpc) is 2.84. The van der Waals surface area contributed by atoms with E-state index in [0.29, 0.717) is 12.6 Å². The highest BCUT2D eigenvalue weighted by atomic mass is 79.9. The second-order valence-corrected chi connectivity index (χ2v) is 9.85. The maximum Gasteiger partial charge on any atom is 0.250 e. The van der Waals surface area contributed by atoms with Gasteiger partial charge in [0, 0.05) is 26.2 Å². The van der Waals surface area contributed by atoms with E-state index in [1.165, 1.54) is 38.5 Å². The molecule has 0 spiro atoms. The molecule has 10 heteroatoms. The molecule has 0 aliphatic carbocycles. The van der Waals surface area contributed by atoms with Crippen molar-refractivity contribution in [2.45, 2.75) is 38.5 Å². The molecule has 1 N–H and O–H groups in total. The molecule has 0 saturated carbocycles. The van der Waals surface area contributed by atoms with Crippen molar-refractivity contribution in [3.63, 3.8) is 0 Å². The fourth-order valence-electron chi connectivity index (χ4n) is 3.97. The molecule has 2 aliphatic rings. The second kappa shape index (κ2) is 11.8. The summed E-state index contributed by atoms with van der Waals surface area (Å²) in [6, 6.07) is 3.89. The molecule has 176 valence electrons. The lowest BCUT2D eigenvalue weighted by atomic mass is 10.1. The van der Waals surface area contributed by atoms with Gasteiger partial charge in [0.2, 0.25) is 17.8 Å². The monoisotopic (exact) mass is 577 g/mol. The van der Waals surface area contributed by atoms with Crippen molar-refractivity contribution in [2.24, 2.45) is 5.10 Å². The number of nitrogens with zero attached hydrogens (tertiary/aromatic N) is 6. The molecule has 1 aromatic carbocycles. The third kappa shape index (κ3) is 6.44. The van der Waals surface area contributed by atoms with E-state index in [-0.39, 0.29) is 0 Å². The Labute approximate surface area is 211 Å². The van der Waals surface area contributed by atoms with Gasteiger partial charge in [-0.05, 0) is 88.1 Å². The van der Waals surface area contributed by atoms with E-state index in [4.69, 9.17) is 9.72 Å². The van der Waals surface area contributed by atoms with Crippen molar-refractivity contribution in [3.05, 3.63) is 39.3 Å². The summed E-state index contributed by atoms with van der Waals surface area (Å²) in [4.78, 5) is 18.7. The zero-order valence-electron chi connectivity index (χ0n) is 18.6. The van der Waals surface area contributed by atoms with Crippen LogP contribution in [0.3, 0.4) is 0 Å². The first kappa shape index (κ1) is 23.9. The van der Waals surface area contributed by atoms with Gasteiger partial charge in [-0.15, -0.1) is 0 Å². The number of piperidine rings is 2. The Bertz CT molecular complexity index is 930. The van der Waals surface area contributed by atoms with E-state index < -0.39 is 0 Å². The molecular formula is C23H29Br2N7O. The van der Waals surface area contributed by atoms with E-state index in [9.17, 15) is 0 Å². The minimum Gasteiger partial charge on any atom is -0.487 e. The first-order valence-electron chi connectivity index (χ1n) is 11.4. The van der Waals surface area contributed by atoms with Crippen LogP contribution in [0.25, 0.3) is 0 Å². The Hall–Kier alpha value is -2.20. The normalized spacial score (nSPS) is 16.8. The largest absolute Gasteiger partial charge is 0.487 e. The fraction of sp³-hybridized carbons (Fsp3) is 0.478. The van der Waals surface area contributed by atoms with Crippen LogP contribution in [0.2, 0.25) is 0 Å². The Morgan fingerprint density at radius 2 is 1.45 bits per heavy atom. The van der Waals surface area contributed by atoms with Crippen molar-refractivity contribution in [3.8, 4) is 5.75 Å². The quantitative estimate of drug-likeness (QED) is 0.256. The highest BCUT2D eigenvalue weighted by molar-refractivity contribution is 9.11. The van der Waals surface area contributed by atoms with Crippen LogP contribution in [0, 0.1) is 0 Å². The molecule has 2 aliphatic heterocycles. The summed E-state index contributed by atoms with van der Waals surface area (Å²) in [7, 11) is 0. The van der Waals surface area contributed by atoms with Crippen LogP contribution in [-0.4, -0.2) is 54.0 Å². The van der Waals surface area contributed by atoms with Crippen molar-refractivity contribution in [1.29, 1.82) is 0 Å². The predicted molar refractivity (Wildman–Crippen MR) is 141 cm³/mol. The molecule has 0 bridgehead atoms. The molecule has 2 aromatic rings. The molecule has 0 unspecified atom stereocenters. The van der Waals surface area contributed by atoms with Gasteiger partial charge in [-0.1, -0.05) is 12.7 Å². The first-order valence-corrected chi connectivity index (χ1v) is 13.0. The standard InChI is InChI=1S/C23H29Br2N7O/c1-2-13-33-20-18(24)14-17(15-19(20)25)16-26-30-21-27-22(31-9-5-3-6-10-31)29-23(28-21)32-11-7-4-8-12-32/h2,14-16H,1,3-13H2,(H,27,28,29,30)/b26-16+. The molecule has 2 fully saturated rings. The number of halogens is 2. The van der Waals surface area contributed by atoms with Gasteiger partial charge in [0.1, 0.15) is 12.4 Å². The minimum absolute atomic E-state index is 0.435. The summed E-state index contributed by atoms with van der Waals surface area (Å²) in [6.45, 7) is 8.04. The van der Waals surface area contributed by atoms with Crippen molar-refractivity contribution in [1.82, 2.24) is 15.0 Å². The number of anilines is 3. The minimum atomic E-state index is 0.435. The zero-order chi connectivity index (χ0) is 23.0. The number of rotatable bonds is 8. The van der Waals surface area contributed by atoms with E-state index in [0.717, 1.165) is 58.3 Å². The maximum absolute atomic E-state index is 5.68. The fourth-order valence-corrected chi connectivity index (χ4v) is 5.42. The molecule has 0 atom stereocenters. The zero-order valence-corrected chi connectivity index (χ0v) is 21.8. The Morgan fingerprint density at radius 3 is 1.97 bits per heavy atom. The molecule has 3 heterocycles. The molecule has 0 amide bonds. The van der Waals surface area contributed by atoms with Crippen LogP contribution in [0.5, 0.6) is 5.75 Å². The Balaban J connectivity index is 1.52. The lowest BCUT2D eigenvalue weighted by Gasteiger charge is -2.30. The van der Waals surface area contributed by atoms with E-state index in [1.54, 1.807) is 12.3 Å². The molecular weight excluding hydrogens is 550 g/mol. The van der Waals surface area contributed by atoms with Crippen LogP contribution >= 0.6 is 31.9 Å². The van der Waals surface area contributed by atoms with Gasteiger partial charge in [-0.25, -0.2) is 5.43 Å². The second-order valence-electron chi connectivity index (χ2n) is 8.14. The molecule has 33 heavy (non-hydrogen) atoms. The molecule has 2 saturated heterocycles. The third-order valence-corrected chi connectivity index (χ3v) is 6.81. The SMILES string of the molecule is C=CCOc1c(Br)cc(/C=N/Nc2nc(N3CCCCC3)nc(N3CCCCC3)n2)cc1Br. The van der Waals surface area contributed by atoms with Crippen molar-refractivity contribution < 1.29 is 4.74 Å². The van der Waals surface area contributed by atoms with Gasteiger partial charge in [0.25, 0.3) is 0 Å². The first-order chi connectivity index (χ1) is 16.1. The van der Waals surface area contributed by atoms with Crippen molar-refractivity contribution >= 4 is 55.9 Å². The van der Waals surface area contributed by atoms with Gasteiger partial charge in [-0.3, -0.25) is 0 Å². The number of hydrazone groups is 1. The maximum atomic E-state index is 5.68. The van der Waals surface area contributed by atoms with Crippen LogP contribution in [-0.2, 0) is 0 Å². The lowest BCUT2D eigenvalue weighted by Crippen LogP contribution is -2.34. The summed E-state index contributed by atoms with van der Waals surface area (Å²) in [6.07, 6.45) is 10.6. The van der Waals surface area contributed by atoms with Crippen molar-refractivity contribution in [2.75, 3.05) is 48.0 Å². The number of nitrogens with one attached hydrogen (secondary N) is 1. The van der Waals surface area contributed by atoms with E-state index in [1.807, 2.05) is 12.1 Å². The van der Waals surface area contributed by atoms with E-state index in [2.05, 4.69) is 68.7 Å². The van der Waals surface area contributed by atoms with E-state index >= 15 is 0 Å². The summed E-state index contributed by atoms with van der Waals surface area (Å²) in [5.74, 6) is 2.66. The molecule has 4 rings (SSSR count). The lowest BCUT2D eigenvalue weighted by molar-refractivity contribution is 0.358. The summed E-state index contributed by atoms with van der Waals surface area (Å²) < 4.78 is 7.35. The number of hydrogen-bond donors (Lipinski definition) is 1. The number of benzene rings is 1. The van der Waals surface area contributed by atoms with Gasteiger partial charge < -0.3 is 14.5 Å². The summed E-state index contributed by atoms with van der Waals surface area (Å²) in [5.41, 5.74) is 3.92. The summed E-state index contributed by atoms with van der Waals surface area (Å²) in [5, 5.41) is 4.39. The van der Waals surface area contributed by atoms with Gasteiger partial charge in [0.05, 0.1) is 15.2 Å². The average molecular weight is 579 g/mol. The van der Waals surface area contributed by atoms with Gasteiger partial charge in [-0.2, -0.15) is 20.1 Å². The predicted octanol–water partition coefficient (Wildman–Crippen LogP) is 5.39. The topological polar surface area (TPSA) is 78.8 Å². The molecule has 8 nitrogen and oxygen atoms in total. The van der Waals surface area contributed by atoms with Crippen LogP contribution in [0.1, 0.15) is 44.1 Å². The van der Waals surface area contributed by atoms with Crippen LogP contribution < -0.4 is 20.0 Å². The Morgan fingerprint density at radius 1 is 0.909 bits per heavy atom. The van der Waals surface area contributed by atoms with Crippen LogP contribution in [0.15, 0.2) is 38.8 Å². The van der Waals surface area contributed by atoms with Gasteiger partial charge in [0.15, 0.2) is 0 Å². The van der Waals surface area contributed by atoms with Crippen LogP contribution in [0.4, 0.5) is 17.8 Å². The molecule has 1 aromatic heterocycles. The highest BCUT2D eigenvalue weighted by Crippen LogP contribution is 2.34. The number of ether oxygens (including phenoxy) is 1. The Kier molecular flexibility index (Phi) is 8.55. The number of aromatic nitrogens is 3. The van der Waals surface area contributed by atoms with Gasteiger partial charge >= 0.3 is 0 Å². The highest BCUT2D eigenvalue weighted by Gasteiger charge is 2.20. The number of hydrogen-bond acceptors (Lipinski definition) is 8. The molecule has 0 radical (unpaired) electrons.